The highest BCUT2D eigenvalue weighted by Crippen LogP contribution is 2.26. The van der Waals surface area contributed by atoms with Crippen LogP contribution in [-0.2, 0) is 9.53 Å². The molecule has 8 heteroatoms. The lowest BCUT2D eigenvalue weighted by atomic mass is 9.87. The molecule has 0 spiro atoms. The van der Waals surface area contributed by atoms with Crippen LogP contribution in [0.15, 0.2) is 24.3 Å². The summed E-state index contributed by atoms with van der Waals surface area (Å²) in [6.07, 6.45) is -5.77. The second-order valence-corrected chi connectivity index (χ2v) is 6.99. The monoisotopic (exact) mass is 377 g/mol. The molecule has 0 bridgehead atoms. The van der Waals surface area contributed by atoms with Gasteiger partial charge in [0.2, 0.25) is 5.91 Å². The highest BCUT2D eigenvalue weighted by atomic mass is 19.4. The number of hydrogen-bond donors (Lipinski definition) is 2. The summed E-state index contributed by atoms with van der Waals surface area (Å²) in [5, 5.41) is 12.8. The molecule has 0 aliphatic heterocycles. The largest absolute Gasteiger partial charge is 0.573 e. The number of amides is 1. The summed E-state index contributed by atoms with van der Waals surface area (Å²) < 4.78 is 46.4. The Labute approximate surface area is 151 Å². The number of aliphatic hydroxyl groups is 1. The van der Waals surface area contributed by atoms with Crippen molar-refractivity contribution in [2.75, 3.05) is 13.2 Å². The zero-order valence-corrected chi connectivity index (χ0v) is 15.4. The van der Waals surface area contributed by atoms with Gasteiger partial charge in [-0.2, -0.15) is 0 Å². The maximum absolute atomic E-state index is 12.4. The summed E-state index contributed by atoms with van der Waals surface area (Å²) in [5.41, 5.74) is -0.0495. The van der Waals surface area contributed by atoms with E-state index in [1.54, 1.807) is 33.8 Å². The molecule has 1 aromatic rings. The number of nitrogens with one attached hydrogen (secondary N) is 1. The molecule has 26 heavy (non-hydrogen) atoms. The molecule has 1 amide bonds. The predicted molar refractivity (Wildman–Crippen MR) is 90.6 cm³/mol. The minimum absolute atomic E-state index is 0.0866. The van der Waals surface area contributed by atoms with Gasteiger partial charge in [0, 0.05) is 6.61 Å². The molecule has 0 aliphatic rings. The molecule has 0 aromatic heterocycles. The van der Waals surface area contributed by atoms with E-state index in [2.05, 4.69) is 10.1 Å². The molecule has 1 aromatic carbocycles. The molecule has 0 saturated carbocycles. The van der Waals surface area contributed by atoms with Crippen LogP contribution in [0.2, 0.25) is 0 Å². The van der Waals surface area contributed by atoms with E-state index in [0.29, 0.717) is 12.2 Å². The predicted octanol–water partition coefficient (Wildman–Crippen LogP) is 3.58. The number of alkyl halides is 3. The second-order valence-electron chi connectivity index (χ2n) is 6.99. The van der Waals surface area contributed by atoms with E-state index in [-0.39, 0.29) is 18.8 Å². The van der Waals surface area contributed by atoms with Gasteiger partial charge in [-0.3, -0.25) is 4.79 Å². The molecule has 0 unspecified atom stereocenters. The first kappa shape index (κ1) is 22.2. The molecule has 0 radical (unpaired) electrons. The second kappa shape index (κ2) is 9.23. The standard InChI is InChI=1S/C18H26F3NO4/c1-5-25-11-14(22-16(24)10-15(23)17(2,3)4)12-7-6-8-13(9-12)26-18(19,20)21/h6-9,14-15,23H,5,10-11H2,1-4H3,(H,22,24)/t14-,15+/m0/s1. The van der Waals surface area contributed by atoms with E-state index in [1.807, 2.05) is 0 Å². The van der Waals surface area contributed by atoms with Crippen molar-refractivity contribution in [3.8, 4) is 5.75 Å². The Morgan fingerprint density at radius 1 is 1.27 bits per heavy atom. The van der Waals surface area contributed by atoms with E-state index in [9.17, 15) is 23.1 Å². The zero-order valence-electron chi connectivity index (χ0n) is 15.4. The number of rotatable bonds is 8. The van der Waals surface area contributed by atoms with Gasteiger partial charge in [0.15, 0.2) is 0 Å². The van der Waals surface area contributed by atoms with Gasteiger partial charge in [-0.05, 0) is 30.0 Å². The van der Waals surface area contributed by atoms with Gasteiger partial charge in [-0.1, -0.05) is 32.9 Å². The summed E-state index contributed by atoms with van der Waals surface area (Å²) in [6, 6.07) is 4.71. The Balaban J connectivity index is 2.89. The maximum atomic E-state index is 12.4. The topological polar surface area (TPSA) is 67.8 Å². The van der Waals surface area contributed by atoms with Gasteiger partial charge >= 0.3 is 6.36 Å². The summed E-state index contributed by atoms with van der Waals surface area (Å²) in [4.78, 5) is 12.2. The Morgan fingerprint density at radius 3 is 2.46 bits per heavy atom. The smallest absolute Gasteiger partial charge is 0.406 e. The molecule has 0 saturated heterocycles. The van der Waals surface area contributed by atoms with E-state index >= 15 is 0 Å². The third-order valence-corrected chi connectivity index (χ3v) is 3.70. The van der Waals surface area contributed by atoms with E-state index in [4.69, 9.17) is 4.74 Å². The number of benzene rings is 1. The first-order chi connectivity index (χ1) is 11.9. The highest BCUT2D eigenvalue weighted by molar-refractivity contribution is 5.77. The van der Waals surface area contributed by atoms with Crippen LogP contribution >= 0.6 is 0 Å². The SMILES string of the molecule is CCOC[C@H](NC(=O)C[C@@H](O)C(C)(C)C)c1cccc(OC(F)(F)F)c1. The van der Waals surface area contributed by atoms with Crippen molar-refractivity contribution < 1.29 is 32.5 Å². The summed E-state index contributed by atoms with van der Waals surface area (Å²) in [6.45, 7) is 7.66. The van der Waals surface area contributed by atoms with E-state index in [1.165, 1.54) is 18.2 Å². The average molecular weight is 377 g/mol. The van der Waals surface area contributed by atoms with Crippen LogP contribution in [0.1, 0.15) is 45.7 Å². The first-order valence-corrected chi connectivity index (χ1v) is 8.33. The molecule has 1 rings (SSSR count). The van der Waals surface area contributed by atoms with Crippen molar-refractivity contribution in [1.29, 1.82) is 0 Å². The molecule has 2 atom stereocenters. The van der Waals surface area contributed by atoms with Crippen LogP contribution in [0.5, 0.6) is 5.75 Å². The van der Waals surface area contributed by atoms with Crippen LogP contribution in [0, 0.1) is 5.41 Å². The van der Waals surface area contributed by atoms with Gasteiger partial charge in [0.25, 0.3) is 0 Å². The van der Waals surface area contributed by atoms with Gasteiger partial charge in [-0.15, -0.1) is 13.2 Å². The van der Waals surface area contributed by atoms with Crippen LogP contribution in [0.25, 0.3) is 0 Å². The van der Waals surface area contributed by atoms with Gasteiger partial charge in [0.1, 0.15) is 5.75 Å². The fourth-order valence-electron chi connectivity index (χ4n) is 2.12. The Morgan fingerprint density at radius 2 is 1.92 bits per heavy atom. The molecule has 2 N–H and O–H groups in total. The van der Waals surface area contributed by atoms with E-state index < -0.39 is 29.8 Å². The lowest BCUT2D eigenvalue weighted by Gasteiger charge is -2.26. The summed E-state index contributed by atoms with van der Waals surface area (Å²) >= 11 is 0. The normalized spacial score (nSPS) is 14.6. The van der Waals surface area contributed by atoms with E-state index in [0.717, 1.165) is 0 Å². The van der Waals surface area contributed by atoms with Crippen LogP contribution < -0.4 is 10.1 Å². The molecule has 148 valence electrons. The average Bonchev–Trinajstić information content (AvgIpc) is 2.49. The first-order valence-electron chi connectivity index (χ1n) is 8.33. The van der Waals surface area contributed by atoms with Crippen molar-refractivity contribution in [2.24, 2.45) is 5.41 Å². The fourth-order valence-corrected chi connectivity index (χ4v) is 2.12. The number of carbonyl (C=O) groups excluding carboxylic acids is 1. The summed E-state index contributed by atoms with van der Waals surface area (Å²) in [7, 11) is 0. The van der Waals surface area contributed by atoms with Crippen molar-refractivity contribution in [3.63, 3.8) is 0 Å². The van der Waals surface area contributed by atoms with Crippen molar-refractivity contribution in [3.05, 3.63) is 29.8 Å². The lowest BCUT2D eigenvalue weighted by molar-refractivity contribution is -0.274. The number of ether oxygens (including phenoxy) is 2. The number of halogens is 3. The molecular weight excluding hydrogens is 351 g/mol. The van der Waals surface area contributed by atoms with Crippen molar-refractivity contribution in [1.82, 2.24) is 5.32 Å². The highest BCUT2D eigenvalue weighted by Gasteiger charge is 2.31. The summed E-state index contributed by atoms with van der Waals surface area (Å²) in [5.74, 6) is -0.792. The lowest BCUT2D eigenvalue weighted by Crippen LogP contribution is -2.37. The molecular formula is C18H26F3NO4. The molecule has 5 nitrogen and oxygen atoms in total. The van der Waals surface area contributed by atoms with Gasteiger partial charge < -0.3 is 19.9 Å². The maximum Gasteiger partial charge on any atom is 0.573 e. The minimum atomic E-state index is -4.80. The van der Waals surface area contributed by atoms with Crippen molar-refractivity contribution in [2.45, 2.75) is 52.6 Å². The minimum Gasteiger partial charge on any atom is -0.406 e. The fraction of sp³-hybridized carbons (Fsp3) is 0.611. The number of aliphatic hydroxyl groups excluding tert-OH is 1. The molecule has 0 aliphatic carbocycles. The Bertz CT molecular complexity index is 585. The van der Waals surface area contributed by atoms with Crippen molar-refractivity contribution >= 4 is 5.91 Å². The van der Waals surface area contributed by atoms with Gasteiger partial charge in [-0.25, -0.2) is 0 Å². The molecule has 0 fully saturated rings. The molecule has 0 heterocycles. The van der Waals surface area contributed by atoms with Gasteiger partial charge in [0.05, 0.1) is 25.2 Å². The third kappa shape index (κ3) is 8.05. The number of hydrogen-bond acceptors (Lipinski definition) is 4. The van der Waals surface area contributed by atoms with Crippen LogP contribution in [0.4, 0.5) is 13.2 Å². The van der Waals surface area contributed by atoms with Crippen LogP contribution in [0.3, 0.4) is 0 Å². The quantitative estimate of drug-likeness (QED) is 0.727. The van der Waals surface area contributed by atoms with Crippen LogP contribution in [-0.4, -0.2) is 36.7 Å². The zero-order chi connectivity index (χ0) is 20.0. The Hall–Kier alpha value is -1.80. The third-order valence-electron chi connectivity index (χ3n) is 3.70. The Kier molecular flexibility index (Phi) is 7.89. The number of carbonyl (C=O) groups is 1.